The Hall–Kier alpha value is -4.55. The lowest BCUT2D eigenvalue weighted by Gasteiger charge is -2.17. The lowest BCUT2D eigenvalue weighted by atomic mass is 10.1. The second-order valence-corrected chi connectivity index (χ2v) is 7.21. The van der Waals surface area contributed by atoms with Crippen molar-refractivity contribution < 1.29 is 29.3 Å². The van der Waals surface area contributed by atoms with Crippen LogP contribution in [0.2, 0.25) is 0 Å². The SMILES string of the molecule is [2H]c1c([2H])c(C(=O)NC(CCC(=O)OCC)C(=O)OCC)c([2H])c([2H])c1NCc1cnc2nc(N)[nH]c(=O)c2n1. The molecule has 0 radical (unpaired) electrons. The Morgan fingerprint density at radius 3 is 2.56 bits per heavy atom. The molecule has 1 atom stereocenters. The van der Waals surface area contributed by atoms with Gasteiger partial charge in [0.2, 0.25) is 5.95 Å². The molecule has 2 aromatic heterocycles. The van der Waals surface area contributed by atoms with Crippen molar-refractivity contribution in [3.8, 4) is 0 Å². The van der Waals surface area contributed by atoms with Crippen LogP contribution in [-0.2, 0) is 25.6 Å². The Labute approximate surface area is 211 Å². The Morgan fingerprint density at radius 2 is 1.86 bits per heavy atom. The topological polar surface area (TPSA) is 191 Å². The van der Waals surface area contributed by atoms with Crippen molar-refractivity contribution in [1.82, 2.24) is 25.3 Å². The highest BCUT2D eigenvalue weighted by Gasteiger charge is 2.24. The van der Waals surface area contributed by atoms with Crippen LogP contribution in [0.3, 0.4) is 0 Å². The number of hydrogen-bond donors (Lipinski definition) is 4. The zero-order valence-corrected chi connectivity index (χ0v) is 19.6. The number of anilines is 2. The van der Waals surface area contributed by atoms with Gasteiger partial charge in [-0.3, -0.25) is 19.4 Å². The summed E-state index contributed by atoms with van der Waals surface area (Å²) in [4.78, 5) is 63.6. The van der Waals surface area contributed by atoms with Gasteiger partial charge < -0.3 is 25.8 Å². The van der Waals surface area contributed by atoms with E-state index in [0.29, 0.717) is 0 Å². The fraction of sp³-hybridized carbons (Fsp3) is 0.348. The first-order valence-corrected chi connectivity index (χ1v) is 11.0. The number of ether oxygens (including phenoxy) is 2. The molecule has 13 nitrogen and oxygen atoms in total. The van der Waals surface area contributed by atoms with E-state index in [9.17, 15) is 19.2 Å². The summed E-state index contributed by atoms with van der Waals surface area (Å²) >= 11 is 0. The molecule has 1 aromatic carbocycles. The number of esters is 2. The summed E-state index contributed by atoms with van der Waals surface area (Å²) in [7, 11) is 0. The van der Waals surface area contributed by atoms with E-state index in [1.807, 2.05) is 0 Å². The molecule has 2 heterocycles. The van der Waals surface area contributed by atoms with Gasteiger partial charge in [0, 0.05) is 17.7 Å². The highest BCUT2D eigenvalue weighted by molar-refractivity contribution is 5.97. The number of carbonyl (C=O) groups is 3. The third-order valence-electron chi connectivity index (χ3n) is 4.60. The number of fused-ring (bicyclic) bond motifs is 1. The highest BCUT2D eigenvalue weighted by atomic mass is 16.5. The van der Waals surface area contributed by atoms with Crippen LogP contribution in [0.5, 0.6) is 0 Å². The van der Waals surface area contributed by atoms with E-state index < -0.39 is 59.2 Å². The molecule has 13 heteroatoms. The van der Waals surface area contributed by atoms with Crippen LogP contribution in [0.15, 0.2) is 35.2 Å². The maximum absolute atomic E-state index is 13.0. The number of nitrogens with one attached hydrogen (secondary N) is 3. The molecular formula is C23H27N7O6. The number of nitrogens with zero attached hydrogens (tertiary/aromatic N) is 3. The van der Waals surface area contributed by atoms with Crippen molar-refractivity contribution in [1.29, 1.82) is 0 Å². The van der Waals surface area contributed by atoms with Crippen LogP contribution in [0.25, 0.3) is 11.2 Å². The number of aromatic nitrogens is 4. The number of nitrogens with two attached hydrogens (primary N) is 1. The van der Waals surface area contributed by atoms with E-state index in [1.54, 1.807) is 13.8 Å². The minimum atomic E-state index is -1.30. The molecule has 0 aliphatic rings. The third kappa shape index (κ3) is 6.98. The van der Waals surface area contributed by atoms with Gasteiger partial charge in [0.1, 0.15) is 6.04 Å². The second-order valence-electron chi connectivity index (χ2n) is 7.21. The molecule has 1 amide bonds. The standard InChI is InChI=1S/C23H27N7O6/c1-3-35-17(31)10-9-16(22(34)36-4-2)28-20(32)13-5-7-14(8-6-13)25-11-15-12-26-19-18(27-15)21(33)30-23(24)29-19/h5-8,12,16,25H,3-4,9-11H2,1-2H3,(H,28,32)(H3,24,26,29,30,33)/i5D,6D,7D,8D. The summed E-state index contributed by atoms with van der Waals surface area (Å²) in [5.74, 6) is -2.61. The van der Waals surface area contributed by atoms with Crippen molar-refractivity contribution in [3.05, 3.63) is 52.0 Å². The number of benzene rings is 1. The molecule has 190 valence electrons. The van der Waals surface area contributed by atoms with E-state index in [2.05, 4.69) is 30.6 Å². The van der Waals surface area contributed by atoms with E-state index in [-0.39, 0.29) is 61.1 Å². The van der Waals surface area contributed by atoms with Crippen molar-refractivity contribution in [2.45, 2.75) is 39.3 Å². The molecule has 0 fully saturated rings. The number of rotatable bonds is 11. The van der Waals surface area contributed by atoms with Crippen molar-refractivity contribution >= 4 is 40.6 Å². The molecule has 0 spiro atoms. The van der Waals surface area contributed by atoms with Crippen LogP contribution in [0.4, 0.5) is 11.6 Å². The van der Waals surface area contributed by atoms with Gasteiger partial charge >= 0.3 is 11.9 Å². The summed E-state index contributed by atoms with van der Waals surface area (Å²) in [5.41, 5.74) is 4.20. The fourth-order valence-electron chi connectivity index (χ4n) is 2.97. The van der Waals surface area contributed by atoms with E-state index in [4.69, 9.17) is 20.7 Å². The first-order valence-electron chi connectivity index (χ1n) is 13.0. The summed E-state index contributed by atoms with van der Waals surface area (Å²) < 4.78 is 43.1. The molecule has 0 aliphatic heterocycles. The predicted octanol–water partition coefficient (Wildman–Crippen LogP) is 0.912. The predicted molar refractivity (Wildman–Crippen MR) is 130 cm³/mol. The minimum Gasteiger partial charge on any atom is -0.466 e. The monoisotopic (exact) mass is 501 g/mol. The van der Waals surface area contributed by atoms with Crippen LogP contribution in [0, 0.1) is 0 Å². The maximum Gasteiger partial charge on any atom is 0.328 e. The minimum absolute atomic E-state index is 0.00659. The first kappa shape index (κ1) is 20.8. The van der Waals surface area contributed by atoms with Gasteiger partial charge in [-0.25, -0.2) is 14.8 Å². The largest absolute Gasteiger partial charge is 0.466 e. The number of amides is 1. The zero-order chi connectivity index (χ0) is 29.6. The molecule has 36 heavy (non-hydrogen) atoms. The lowest BCUT2D eigenvalue weighted by molar-refractivity contribution is -0.146. The molecule has 0 aliphatic carbocycles. The number of aromatic amines is 1. The average molecular weight is 502 g/mol. The Kier molecular flexibility index (Phi) is 7.07. The smallest absolute Gasteiger partial charge is 0.328 e. The van der Waals surface area contributed by atoms with E-state index in [0.717, 1.165) is 0 Å². The van der Waals surface area contributed by atoms with Gasteiger partial charge in [-0.05, 0) is 44.4 Å². The third-order valence-corrected chi connectivity index (χ3v) is 4.60. The zero-order valence-electron chi connectivity index (χ0n) is 23.6. The molecule has 0 saturated carbocycles. The Morgan fingerprint density at radius 1 is 1.14 bits per heavy atom. The van der Waals surface area contributed by atoms with E-state index >= 15 is 0 Å². The van der Waals surface area contributed by atoms with Gasteiger partial charge in [0.05, 0.1) is 37.1 Å². The number of nitrogen functional groups attached to an aromatic ring is 1. The van der Waals surface area contributed by atoms with Gasteiger partial charge in [0.25, 0.3) is 11.5 Å². The first-order chi connectivity index (χ1) is 19.0. The van der Waals surface area contributed by atoms with Gasteiger partial charge in [-0.15, -0.1) is 0 Å². The van der Waals surface area contributed by atoms with Crippen LogP contribution < -0.4 is 21.9 Å². The van der Waals surface area contributed by atoms with E-state index in [1.165, 1.54) is 6.20 Å². The summed E-state index contributed by atoms with van der Waals surface area (Å²) in [6.45, 7) is 3.18. The quantitative estimate of drug-likeness (QED) is 0.273. The van der Waals surface area contributed by atoms with Gasteiger partial charge in [-0.1, -0.05) is 0 Å². The number of hydrogen-bond acceptors (Lipinski definition) is 11. The average Bonchev–Trinajstić information content (AvgIpc) is 2.90. The molecule has 5 N–H and O–H groups in total. The molecular weight excluding hydrogens is 470 g/mol. The molecule has 1 unspecified atom stereocenters. The Bertz CT molecular complexity index is 1490. The number of H-pyrrole nitrogens is 1. The molecule has 3 aromatic rings. The second kappa shape index (κ2) is 12.2. The van der Waals surface area contributed by atoms with Gasteiger partial charge in [-0.2, -0.15) is 4.98 Å². The van der Waals surface area contributed by atoms with Crippen LogP contribution >= 0.6 is 0 Å². The maximum atomic E-state index is 13.0. The van der Waals surface area contributed by atoms with Crippen molar-refractivity contribution in [2.75, 3.05) is 24.3 Å². The fourth-order valence-corrected chi connectivity index (χ4v) is 2.97. The summed E-state index contributed by atoms with van der Waals surface area (Å²) in [6.07, 6.45) is 0.927. The molecule has 0 bridgehead atoms. The molecule has 3 rings (SSSR count). The van der Waals surface area contributed by atoms with Crippen LogP contribution in [0.1, 0.15) is 48.2 Å². The van der Waals surface area contributed by atoms with Gasteiger partial charge in [0.15, 0.2) is 11.2 Å². The molecule has 0 saturated heterocycles. The highest BCUT2D eigenvalue weighted by Crippen LogP contribution is 2.12. The normalized spacial score (nSPS) is 13.1. The Balaban J connectivity index is 1.84. The number of carbonyl (C=O) groups excluding carboxylic acids is 3. The summed E-state index contributed by atoms with van der Waals surface area (Å²) in [5, 5.41) is 5.07. The van der Waals surface area contributed by atoms with Crippen LogP contribution in [-0.4, -0.2) is 57.0 Å². The van der Waals surface area contributed by atoms with Crippen molar-refractivity contribution in [3.63, 3.8) is 0 Å². The summed E-state index contributed by atoms with van der Waals surface area (Å²) in [6, 6.07) is -3.77. The van der Waals surface area contributed by atoms with Crippen molar-refractivity contribution in [2.24, 2.45) is 0 Å². The lowest BCUT2D eigenvalue weighted by Crippen LogP contribution is -2.42.